The second-order valence-electron chi connectivity index (χ2n) is 2.48. The molecule has 0 saturated heterocycles. The Kier molecular flexibility index (Phi) is 1.73. The van der Waals surface area contributed by atoms with Crippen molar-refractivity contribution in [3.05, 3.63) is 24.0 Å². The van der Waals surface area contributed by atoms with Gasteiger partial charge >= 0.3 is 0 Å². The second-order valence-corrected chi connectivity index (χ2v) is 3.42. The molecule has 5 heteroatoms. The SMILES string of the molecule is CSC1NC(=O)c2cccn2N1. The van der Waals surface area contributed by atoms with Crippen LogP contribution in [-0.4, -0.2) is 22.3 Å². The molecule has 1 aliphatic heterocycles. The van der Waals surface area contributed by atoms with Gasteiger partial charge in [-0.2, -0.15) is 0 Å². The van der Waals surface area contributed by atoms with Crippen LogP contribution in [0.15, 0.2) is 18.3 Å². The molecule has 0 bridgehead atoms. The Bertz CT molecular complexity index is 309. The van der Waals surface area contributed by atoms with E-state index in [0.29, 0.717) is 5.69 Å². The van der Waals surface area contributed by atoms with E-state index in [0.717, 1.165) is 0 Å². The van der Waals surface area contributed by atoms with Crippen LogP contribution in [0.2, 0.25) is 0 Å². The van der Waals surface area contributed by atoms with E-state index in [-0.39, 0.29) is 11.4 Å². The van der Waals surface area contributed by atoms with Crippen molar-refractivity contribution in [3.8, 4) is 0 Å². The van der Waals surface area contributed by atoms with Crippen molar-refractivity contribution in [2.45, 2.75) is 5.50 Å². The lowest BCUT2D eigenvalue weighted by atomic mass is 10.4. The molecule has 0 aliphatic carbocycles. The Morgan fingerprint density at radius 2 is 2.50 bits per heavy atom. The lowest BCUT2D eigenvalue weighted by Crippen LogP contribution is -2.47. The van der Waals surface area contributed by atoms with Crippen LogP contribution >= 0.6 is 11.8 Å². The van der Waals surface area contributed by atoms with E-state index < -0.39 is 0 Å². The zero-order valence-corrected chi connectivity index (χ0v) is 7.39. The van der Waals surface area contributed by atoms with Crippen molar-refractivity contribution in [3.63, 3.8) is 0 Å². The van der Waals surface area contributed by atoms with Gasteiger partial charge in [-0.25, -0.2) is 0 Å². The minimum atomic E-state index is -0.0302. The molecule has 1 amide bonds. The van der Waals surface area contributed by atoms with E-state index in [1.165, 1.54) is 0 Å². The number of hydrogen-bond donors (Lipinski definition) is 2. The average molecular weight is 183 g/mol. The molecule has 0 radical (unpaired) electrons. The van der Waals surface area contributed by atoms with Crippen LogP contribution in [-0.2, 0) is 0 Å². The number of carbonyl (C=O) groups excluding carboxylic acids is 1. The van der Waals surface area contributed by atoms with Crippen LogP contribution in [0, 0.1) is 0 Å². The monoisotopic (exact) mass is 183 g/mol. The molecule has 0 saturated carbocycles. The number of nitrogens with zero attached hydrogens (tertiary/aromatic N) is 1. The zero-order chi connectivity index (χ0) is 8.55. The van der Waals surface area contributed by atoms with Crippen LogP contribution in [0.4, 0.5) is 0 Å². The lowest BCUT2D eigenvalue weighted by Gasteiger charge is -2.26. The molecule has 1 atom stereocenters. The molecule has 1 aromatic heterocycles. The maximum absolute atomic E-state index is 11.3. The summed E-state index contributed by atoms with van der Waals surface area (Å²) in [5.74, 6) is -0.0295. The van der Waals surface area contributed by atoms with Crippen LogP contribution < -0.4 is 10.7 Å². The standard InChI is InChI=1S/C7H9N3OS/c1-12-7-8-6(11)5-3-2-4-10(5)9-7/h2-4,7,9H,1H3,(H,8,11). The highest BCUT2D eigenvalue weighted by Gasteiger charge is 2.21. The normalized spacial score (nSPS) is 21.1. The molecular weight excluding hydrogens is 174 g/mol. The molecule has 64 valence electrons. The Hall–Kier alpha value is -1.10. The molecule has 1 aliphatic rings. The van der Waals surface area contributed by atoms with Crippen LogP contribution in [0.3, 0.4) is 0 Å². The minimum Gasteiger partial charge on any atom is -0.321 e. The predicted molar refractivity (Wildman–Crippen MR) is 48.6 cm³/mol. The van der Waals surface area contributed by atoms with E-state index in [2.05, 4.69) is 10.7 Å². The summed E-state index contributed by atoms with van der Waals surface area (Å²) in [4.78, 5) is 11.3. The van der Waals surface area contributed by atoms with Gasteiger partial charge in [0.05, 0.1) is 0 Å². The molecule has 1 unspecified atom stereocenters. The summed E-state index contributed by atoms with van der Waals surface area (Å²) in [5.41, 5.74) is 3.73. The Balaban J connectivity index is 2.32. The van der Waals surface area contributed by atoms with Gasteiger partial charge in [0.25, 0.3) is 5.91 Å². The number of nitrogens with one attached hydrogen (secondary N) is 2. The predicted octanol–water partition coefficient (Wildman–Crippen LogP) is 0.422. The van der Waals surface area contributed by atoms with Gasteiger partial charge in [0, 0.05) is 6.20 Å². The highest BCUT2D eigenvalue weighted by atomic mass is 32.2. The Morgan fingerprint density at radius 1 is 1.67 bits per heavy atom. The fourth-order valence-electron chi connectivity index (χ4n) is 1.14. The van der Waals surface area contributed by atoms with Gasteiger partial charge in [-0.1, -0.05) is 0 Å². The number of aromatic nitrogens is 1. The van der Waals surface area contributed by atoms with E-state index in [1.54, 1.807) is 22.5 Å². The second kappa shape index (κ2) is 2.75. The fourth-order valence-corrected chi connectivity index (χ4v) is 1.59. The summed E-state index contributed by atoms with van der Waals surface area (Å²) in [7, 11) is 0. The van der Waals surface area contributed by atoms with Crippen LogP contribution in [0.25, 0.3) is 0 Å². The van der Waals surface area contributed by atoms with E-state index in [9.17, 15) is 4.79 Å². The largest absolute Gasteiger partial charge is 0.321 e. The van der Waals surface area contributed by atoms with Gasteiger partial charge in [0.15, 0.2) is 5.50 Å². The molecule has 0 aromatic carbocycles. The summed E-state index contributed by atoms with van der Waals surface area (Å²) in [6, 6.07) is 3.61. The topological polar surface area (TPSA) is 46.1 Å². The summed E-state index contributed by atoms with van der Waals surface area (Å²) >= 11 is 1.55. The zero-order valence-electron chi connectivity index (χ0n) is 6.57. The highest BCUT2D eigenvalue weighted by Crippen LogP contribution is 2.10. The molecule has 4 nitrogen and oxygen atoms in total. The van der Waals surface area contributed by atoms with Crippen LogP contribution in [0.1, 0.15) is 10.5 Å². The Morgan fingerprint density at radius 3 is 3.25 bits per heavy atom. The fraction of sp³-hybridized carbons (Fsp3) is 0.286. The van der Waals surface area contributed by atoms with Crippen molar-refractivity contribution in [1.82, 2.24) is 9.99 Å². The number of carbonyl (C=O) groups is 1. The third-order valence-electron chi connectivity index (χ3n) is 1.74. The van der Waals surface area contributed by atoms with Crippen molar-refractivity contribution < 1.29 is 4.79 Å². The number of hydrogen-bond acceptors (Lipinski definition) is 3. The molecule has 0 spiro atoms. The summed E-state index contributed by atoms with van der Waals surface area (Å²) in [5, 5.41) is 2.80. The van der Waals surface area contributed by atoms with Crippen molar-refractivity contribution in [2.75, 3.05) is 11.7 Å². The van der Waals surface area contributed by atoms with Gasteiger partial charge in [-0.05, 0) is 18.4 Å². The first-order chi connectivity index (χ1) is 5.81. The average Bonchev–Trinajstić information content (AvgIpc) is 2.52. The number of rotatable bonds is 1. The molecule has 12 heavy (non-hydrogen) atoms. The van der Waals surface area contributed by atoms with E-state index >= 15 is 0 Å². The molecule has 2 heterocycles. The number of amides is 1. The smallest absolute Gasteiger partial charge is 0.272 e. The third kappa shape index (κ3) is 1.06. The van der Waals surface area contributed by atoms with Gasteiger partial charge in [-0.3, -0.25) is 14.9 Å². The van der Waals surface area contributed by atoms with Gasteiger partial charge < -0.3 is 5.32 Å². The van der Waals surface area contributed by atoms with Gasteiger partial charge in [0.1, 0.15) is 5.69 Å². The molecule has 0 fully saturated rings. The first-order valence-corrected chi connectivity index (χ1v) is 4.87. The summed E-state index contributed by atoms with van der Waals surface area (Å²) in [6.07, 6.45) is 3.77. The van der Waals surface area contributed by atoms with E-state index in [1.807, 2.05) is 18.5 Å². The highest BCUT2D eigenvalue weighted by molar-refractivity contribution is 7.99. The van der Waals surface area contributed by atoms with Gasteiger partial charge in [0.2, 0.25) is 0 Å². The molecular formula is C7H9N3OS. The van der Waals surface area contributed by atoms with Gasteiger partial charge in [-0.15, -0.1) is 11.8 Å². The molecule has 2 rings (SSSR count). The first kappa shape index (κ1) is 7.54. The summed E-state index contributed by atoms with van der Waals surface area (Å²) < 4.78 is 1.74. The molecule has 1 aromatic rings. The first-order valence-electron chi connectivity index (χ1n) is 3.59. The molecule has 2 N–H and O–H groups in total. The number of fused-ring (bicyclic) bond motifs is 1. The summed E-state index contributed by atoms with van der Waals surface area (Å²) in [6.45, 7) is 0. The van der Waals surface area contributed by atoms with Crippen molar-refractivity contribution in [2.24, 2.45) is 0 Å². The Labute approximate surface area is 74.3 Å². The van der Waals surface area contributed by atoms with Crippen molar-refractivity contribution >= 4 is 17.7 Å². The minimum absolute atomic E-state index is 0.0295. The lowest BCUT2D eigenvalue weighted by molar-refractivity contribution is 0.0931. The number of thioether (sulfide) groups is 1. The van der Waals surface area contributed by atoms with Crippen molar-refractivity contribution in [1.29, 1.82) is 0 Å². The quantitative estimate of drug-likeness (QED) is 0.663. The van der Waals surface area contributed by atoms with E-state index in [4.69, 9.17) is 0 Å². The maximum Gasteiger partial charge on any atom is 0.272 e. The maximum atomic E-state index is 11.3. The third-order valence-corrected chi connectivity index (χ3v) is 2.43. The van der Waals surface area contributed by atoms with Crippen LogP contribution in [0.5, 0.6) is 0 Å².